The topological polar surface area (TPSA) is 77.4 Å². The molecule has 0 radical (unpaired) electrons. The Kier molecular flexibility index (Phi) is 7.01. The van der Waals surface area contributed by atoms with Crippen molar-refractivity contribution in [2.75, 3.05) is 18.5 Å². The molecule has 0 saturated heterocycles. The summed E-state index contributed by atoms with van der Waals surface area (Å²) in [7, 11) is 3.53. The van der Waals surface area contributed by atoms with Crippen LogP contribution in [-0.4, -0.2) is 36.5 Å². The third-order valence-electron chi connectivity index (χ3n) is 4.29. The Morgan fingerprint density at radius 1 is 1.40 bits per heavy atom. The van der Waals surface area contributed by atoms with Crippen molar-refractivity contribution in [1.29, 1.82) is 0 Å². The number of aromatic nitrogens is 2. The van der Waals surface area contributed by atoms with Crippen molar-refractivity contribution in [3.63, 3.8) is 0 Å². The fourth-order valence-electron chi connectivity index (χ4n) is 2.86. The molecule has 0 atom stereocenters. The molecule has 0 fully saturated rings. The third kappa shape index (κ3) is 4.61. The molecule has 11 heteroatoms. The summed E-state index contributed by atoms with van der Waals surface area (Å²) in [6, 6.07) is 5.04. The van der Waals surface area contributed by atoms with Crippen molar-refractivity contribution in [3.8, 4) is 0 Å². The highest BCUT2D eigenvalue weighted by atomic mass is 79.9. The predicted octanol–water partition coefficient (Wildman–Crippen LogP) is 2.95. The summed E-state index contributed by atoms with van der Waals surface area (Å²) in [5.74, 6) is -1.31. The molecule has 3 rings (SSSR count). The van der Waals surface area contributed by atoms with Gasteiger partial charge in [0.05, 0.1) is 40.1 Å². The lowest BCUT2D eigenvalue weighted by Gasteiger charge is -2.17. The molecule has 0 unspecified atom stereocenters. The van der Waals surface area contributed by atoms with E-state index >= 15 is 4.39 Å². The Balaban J connectivity index is 2.01. The van der Waals surface area contributed by atoms with Crippen molar-refractivity contribution in [2.45, 2.75) is 0 Å². The molecule has 1 amide bonds. The zero-order valence-electron chi connectivity index (χ0n) is 16.3. The van der Waals surface area contributed by atoms with E-state index in [0.717, 1.165) is 9.94 Å². The van der Waals surface area contributed by atoms with E-state index < -0.39 is 11.7 Å². The van der Waals surface area contributed by atoms with Crippen LogP contribution in [0.5, 0.6) is 0 Å². The van der Waals surface area contributed by atoms with Gasteiger partial charge in [0.1, 0.15) is 26.6 Å². The molecule has 1 aromatic heterocycles. The molecule has 0 saturated carbocycles. The van der Waals surface area contributed by atoms with Gasteiger partial charge in [-0.15, -0.1) is 0 Å². The van der Waals surface area contributed by atoms with Gasteiger partial charge in [-0.05, 0) is 12.1 Å². The number of hydroxylamine groups is 1. The Bertz CT molecular complexity index is 1100. The number of benzene rings is 2. The summed E-state index contributed by atoms with van der Waals surface area (Å²) in [6.07, 6.45) is 2.74. The second kappa shape index (κ2) is 9.50. The number of halogens is 3. The average molecular weight is 496 g/mol. The fraction of sp³-hybridized carbons (Fsp3) is 0.158. The second-order valence-electron chi connectivity index (χ2n) is 6.36. The van der Waals surface area contributed by atoms with Crippen LogP contribution in [-0.2, 0) is 16.6 Å². The molecular weight excluding hydrogens is 477 g/mol. The van der Waals surface area contributed by atoms with Gasteiger partial charge in [0.15, 0.2) is 5.82 Å². The smallest absolute Gasteiger partial charge is 0.277 e. The maximum absolute atomic E-state index is 15.4. The summed E-state index contributed by atoms with van der Waals surface area (Å²) < 4.78 is 22.7. The van der Waals surface area contributed by atoms with Crippen LogP contribution >= 0.6 is 27.5 Å². The third-order valence-corrected chi connectivity index (χ3v) is 5.05. The number of nitrogens with one attached hydrogen (secondary N) is 2. The van der Waals surface area contributed by atoms with Gasteiger partial charge in [-0.3, -0.25) is 9.63 Å². The molecule has 156 valence electrons. The Labute approximate surface area is 186 Å². The van der Waals surface area contributed by atoms with E-state index in [1.54, 1.807) is 17.7 Å². The maximum Gasteiger partial charge on any atom is 0.277 e. The molecule has 1 heterocycles. The maximum atomic E-state index is 15.4. The highest BCUT2D eigenvalue weighted by Gasteiger charge is 2.23. The summed E-state index contributed by atoms with van der Waals surface area (Å²) >= 11 is 9.71. The van der Waals surface area contributed by atoms with E-state index in [-0.39, 0.29) is 30.0 Å². The summed E-state index contributed by atoms with van der Waals surface area (Å²) in [6.45, 7) is 3.71. The van der Waals surface area contributed by atoms with Crippen LogP contribution in [0, 0.1) is 5.82 Å². The van der Waals surface area contributed by atoms with Gasteiger partial charge in [-0.2, -0.15) is 0 Å². The lowest BCUT2D eigenvalue weighted by Crippen LogP contribution is -2.26. The Morgan fingerprint density at radius 3 is 2.87 bits per heavy atom. The fourth-order valence-corrected chi connectivity index (χ4v) is 3.87. The number of hydrogen-bond acceptors (Lipinski definition) is 5. The number of aryl methyl sites for hydroxylation is 1. The number of carbonyl (C=O) groups excluding carboxylic acids is 1. The van der Waals surface area contributed by atoms with Gasteiger partial charge in [-0.1, -0.05) is 45.6 Å². The van der Waals surface area contributed by atoms with E-state index in [4.69, 9.17) is 21.2 Å². The number of nitrogens with zero attached hydrogens (tertiary/aromatic N) is 2. The van der Waals surface area contributed by atoms with Crippen molar-refractivity contribution in [1.82, 2.24) is 15.0 Å². The van der Waals surface area contributed by atoms with Gasteiger partial charge >= 0.3 is 0 Å². The molecule has 0 aliphatic heterocycles. The first-order valence-electron chi connectivity index (χ1n) is 8.84. The summed E-state index contributed by atoms with van der Waals surface area (Å²) in [5, 5.41) is 3.33. The molecule has 30 heavy (non-hydrogen) atoms. The molecule has 0 bridgehead atoms. The van der Waals surface area contributed by atoms with Crippen LogP contribution < -0.4 is 16.3 Å². The van der Waals surface area contributed by atoms with Crippen LogP contribution in [0.3, 0.4) is 0 Å². The van der Waals surface area contributed by atoms with Crippen molar-refractivity contribution in [3.05, 3.63) is 58.2 Å². The number of imidazole rings is 1. The SMILES string of the molecule is Bc1cc(Br)cc(Cl)c1Nc1c(C(=O)NOCCOC=C)cc2c(ncn2C)c1F. The van der Waals surface area contributed by atoms with E-state index in [1.165, 1.54) is 18.7 Å². The van der Waals surface area contributed by atoms with Gasteiger partial charge in [0, 0.05) is 11.5 Å². The molecule has 0 aliphatic rings. The van der Waals surface area contributed by atoms with Gasteiger partial charge in [-0.25, -0.2) is 14.9 Å². The van der Waals surface area contributed by atoms with E-state index in [2.05, 4.69) is 38.3 Å². The quantitative estimate of drug-likeness (QED) is 0.218. The number of anilines is 2. The molecule has 0 spiro atoms. The minimum Gasteiger partial charge on any atom is -0.499 e. The number of amides is 1. The van der Waals surface area contributed by atoms with Crippen molar-refractivity contribution < 1.29 is 18.8 Å². The summed E-state index contributed by atoms with van der Waals surface area (Å²) in [4.78, 5) is 22.0. The molecule has 2 N–H and O–H groups in total. The monoisotopic (exact) mass is 494 g/mol. The minimum absolute atomic E-state index is 0.0339. The van der Waals surface area contributed by atoms with Crippen LogP contribution in [0.25, 0.3) is 11.0 Å². The number of fused-ring (bicyclic) bond motifs is 1. The van der Waals surface area contributed by atoms with Crippen LogP contribution in [0.1, 0.15) is 10.4 Å². The van der Waals surface area contributed by atoms with Gasteiger partial charge in [0.2, 0.25) is 0 Å². The van der Waals surface area contributed by atoms with Gasteiger partial charge < -0.3 is 14.6 Å². The largest absolute Gasteiger partial charge is 0.499 e. The predicted molar refractivity (Wildman–Crippen MR) is 121 cm³/mol. The normalized spacial score (nSPS) is 10.8. The lowest BCUT2D eigenvalue weighted by atomic mass is 9.93. The lowest BCUT2D eigenvalue weighted by molar-refractivity contribution is 0.0145. The zero-order valence-corrected chi connectivity index (χ0v) is 18.6. The number of ether oxygens (including phenoxy) is 1. The minimum atomic E-state index is -0.674. The van der Waals surface area contributed by atoms with Gasteiger partial charge in [0.25, 0.3) is 5.91 Å². The first-order valence-corrected chi connectivity index (χ1v) is 10.0. The Morgan fingerprint density at radius 2 is 2.17 bits per heavy atom. The van der Waals surface area contributed by atoms with Crippen LogP contribution in [0.15, 0.2) is 41.8 Å². The molecular formula is C19H18BBrClFN4O3. The van der Waals surface area contributed by atoms with Crippen molar-refractivity contribution >= 4 is 69.2 Å². The number of rotatable bonds is 8. The molecule has 0 aliphatic carbocycles. The molecule has 2 aromatic carbocycles. The van der Waals surface area contributed by atoms with Crippen LogP contribution in [0.4, 0.5) is 15.8 Å². The standard InChI is InChI=1S/C19H18BBrClFN4O3/c1-3-29-4-5-30-26-19(28)11-8-14-18(24-9-27(14)2)15(23)16(11)25-17-12(20)6-10(21)7-13(17)22/h3,6-9,25H,1,4-5,20H2,2H3,(H,26,28). The molecule has 3 aromatic rings. The second-order valence-corrected chi connectivity index (χ2v) is 7.68. The van der Waals surface area contributed by atoms with E-state index in [0.29, 0.717) is 16.2 Å². The first kappa shape index (κ1) is 22.1. The zero-order chi connectivity index (χ0) is 21.8. The number of hydrogen-bond donors (Lipinski definition) is 2. The highest BCUT2D eigenvalue weighted by molar-refractivity contribution is 9.10. The summed E-state index contributed by atoms with van der Waals surface area (Å²) in [5.41, 5.74) is 4.09. The van der Waals surface area contributed by atoms with E-state index in [1.807, 2.05) is 13.9 Å². The van der Waals surface area contributed by atoms with Crippen molar-refractivity contribution in [2.24, 2.45) is 7.05 Å². The first-order chi connectivity index (χ1) is 14.3. The highest BCUT2D eigenvalue weighted by Crippen LogP contribution is 2.33. The Hall–Kier alpha value is -2.56. The number of carbonyl (C=O) groups is 1. The van der Waals surface area contributed by atoms with Crippen LogP contribution in [0.2, 0.25) is 5.02 Å². The molecule has 7 nitrogen and oxygen atoms in total. The van der Waals surface area contributed by atoms with E-state index in [9.17, 15) is 4.79 Å². The average Bonchev–Trinajstić information content (AvgIpc) is 3.06.